The number of hydrogen-bond donors (Lipinski definition) is 2. The number of piperidine rings is 1. The Labute approximate surface area is 167 Å². The first-order chi connectivity index (χ1) is 13.0. The summed E-state index contributed by atoms with van der Waals surface area (Å²) in [5, 5.41) is 2.85. The van der Waals surface area contributed by atoms with E-state index in [1.165, 1.54) is 12.1 Å². The van der Waals surface area contributed by atoms with Crippen LogP contribution in [-0.2, 0) is 19.6 Å². The van der Waals surface area contributed by atoms with E-state index in [9.17, 15) is 18.0 Å². The Kier molecular flexibility index (Phi) is 7.22. The van der Waals surface area contributed by atoms with Crippen LogP contribution in [0.3, 0.4) is 0 Å². The van der Waals surface area contributed by atoms with Crippen LogP contribution in [0.2, 0.25) is 0 Å². The van der Waals surface area contributed by atoms with Crippen molar-refractivity contribution in [3.8, 4) is 0 Å². The van der Waals surface area contributed by atoms with Gasteiger partial charge in [-0.2, -0.15) is 0 Å². The highest BCUT2D eigenvalue weighted by Crippen LogP contribution is 2.24. The number of anilines is 1. The second-order valence-corrected chi connectivity index (χ2v) is 9.99. The van der Waals surface area contributed by atoms with Crippen LogP contribution in [0.1, 0.15) is 47.0 Å². The van der Waals surface area contributed by atoms with E-state index in [1.54, 1.807) is 12.1 Å². The Hall–Kier alpha value is -1.93. The maximum absolute atomic E-state index is 12.5. The SMILES string of the molecule is CCCNS(=O)(=O)c1ccc(NC(=O)C2CCN(C(=O)C(C)(C)C)CC2)cc1. The maximum atomic E-state index is 12.5. The summed E-state index contributed by atoms with van der Waals surface area (Å²) in [6, 6.07) is 6.16. The molecule has 1 fully saturated rings. The summed E-state index contributed by atoms with van der Waals surface area (Å²) in [7, 11) is -3.51. The van der Waals surface area contributed by atoms with Gasteiger partial charge in [0.25, 0.3) is 0 Å². The molecule has 0 aliphatic carbocycles. The minimum Gasteiger partial charge on any atom is -0.342 e. The molecule has 1 aliphatic rings. The fraction of sp³-hybridized carbons (Fsp3) is 0.600. The number of hydrogen-bond acceptors (Lipinski definition) is 4. The monoisotopic (exact) mass is 409 g/mol. The zero-order valence-electron chi connectivity index (χ0n) is 17.1. The Bertz CT molecular complexity index is 790. The molecule has 7 nitrogen and oxygen atoms in total. The van der Waals surface area contributed by atoms with Gasteiger partial charge >= 0.3 is 0 Å². The molecule has 0 aromatic heterocycles. The topological polar surface area (TPSA) is 95.6 Å². The third kappa shape index (κ3) is 5.78. The van der Waals surface area contributed by atoms with Crippen molar-refractivity contribution >= 4 is 27.5 Å². The van der Waals surface area contributed by atoms with Gasteiger partial charge in [-0.05, 0) is 43.5 Å². The van der Waals surface area contributed by atoms with Crippen LogP contribution in [0.25, 0.3) is 0 Å². The minimum atomic E-state index is -3.51. The molecule has 8 heteroatoms. The van der Waals surface area contributed by atoms with Crippen molar-refractivity contribution < 1.29 is 18.0 Å². The molecule has 2 rings (SSSR count). The molecule has 1 saturated heterocycles. The molecule has 0 atom stereocenters. The summed E-state index contributed by atoms with van der Waals surface area (Å²) in [6.07, 6.45) is 1.97. The highest BCUT2D eigenvalue weighted by Gasteiger charge is 2.32. The van der Waals surface area contributed by atoms with Crippen LogP contribution >= 0.6 is 0 Å². The minimum absolute atomic E-state index is 0.0948. The molecular formula is C20H31N3O4S. The lowest BCUT2D eigenvalue weighted by Gasteiger charge is -2.35. The van der Waals surface area contributed by atoms with E-state index in [-0.39, 0.29) is 22.6 Å². The molecule has 28 heavy (non-hydrogen) atoms. The number of carbonyl (C=O) groups is 2. The lowest BCUT2D eigenvalue weighted by molar-refractivity contribution is -0.142. The van der Waals surface area contributed by atoms with E-state index in [2.05, 4.69) is 10.0 Å². The van der Waals surface area contributed by atoms with Gasteiger partial charge in [0.05, 0.1) is 4.90 Å². The number of nitrogens with zero attached hydrogens (tertiary/aromatic N) is 1. The Morgan fingerprint density at radius 3 is 2.18 bits per heavy atom. The first-order valence-electron chi connectivity index (χ1n) is 9.74. The standard InChI is InChI=1S/C20H31N3O4S/c1-5-12-21-28(26,27)17-8-6-16(7-9-17)22-18(24)15-10-13-23(14-11-15)19(25)20(2,3)4/h6-9,15,21H,5,10-14H2,1-4H3,(H,22,24). The number of benzene rings is 1. The van der Waals surface area contributed by atoms with Crippen molar-refractivity contribution in [1.82, 2.24) is 9.62 Å². The molecule has 1 aromatic rings. The summed E-state index contributed by atoms with van der Waals surface area (Å²) in [5.74, 6) is -0.138. The molecule has 0 radical (unpaired) electrons. The first kappa shape index (κ1) is 22.4. The van der Waals surface area contributed by atoms with Crippen LogP contribution in [0, 0.1) is 11.3 Å². The third-order valence-electron chi connectivity index (χ3n) is 4.77. The van der Waals surface area contributed by atoms with E-state index >= 15 is 0 Å². The average molecular weight is 410 g/mol. The van der Waals surface area contributed by atoms with Crippen LogP contribution in [0.4, 0.5) is 5.69 Å². The normalized spacial score (nSPS) is 16.1. The number of carbonyl (C=O) groups excluding carboxylic acids is 2. The van der Waals surface area contributed by atoms with Crippen LogP contribution < -0.4 is 10.0 Å². The van der Waals surface area contributed by atoms with Crippen molar-refractivity contribution in [3.05, 3.63) is 24.3 Å². The van der Waals surface area contributed by atoms with Gasteiger partial charge in [-0.3, -0.25) is 9.59 Å². The van der Waals surface area contributed by atoms with Gasteiger partial charge in [-0.25, -0.2) is 13.1 Å². The molecule has 0 unspecified atom stereocenters. The van der Waals surface area contributed by atoms with E-state index < -0.39 is 15.4 Å². The maximum Gasteiger partial charge on any atom is 0.240 e. The highest BCUT2D eigenvalue weighted by molar-refractivity contribution is 7.89. The molecule has 0 saturated carbocycles. The van der Waals surface area contributed by atoms with Crippen molar-refractivity contribution in [2.75, 3.05) is 25.0 Å². The van der Waals surface area contributed by atoms with Gasteiger partial charge in [0, 0.05) is 36.7 Å². The summed E-state index contributed by atoms with van der Waals surface area (Å²) < 4.78 is 26.7. The van der Waals surface area contributed by atoms with Crippen molar-refractivity contribution in [2.45, 2.75) is 51.9 Å². The van der Waals surface area contributed by atoms with E-state index in [0.717, 1.165) is 0 Å². The summed E-state index contributed by atoms with van der Waals surface area (Å²) in [5.41, 5.74) is 0.149. The number of sulfonamides is 1. The van der Waals surface area contributed by atoms with E-state index in [4.69, 9.17) is 0 Å². The van der Waals surface area contributed by atoms with Crippen molar-refractivity contribution in [3.63, 3.8) is 0 Å². The third-order valence-corrected chi connectivity index (χ3v) is 6.25. The van der Waals surface area contributed by atoms with Gasteiger partial charge < -0.3 is 10.2 Å². The molecule has 2 N–H and O–H groups in total. The number of likely N-dealkylation sites (tertiary alicyclic amines) is 1. The second kappa shape index (κ2) is 9.05. The molecule has 1 aliphatic heterocycles. The lowest BCUT2D eigenvalue weighted by Crippen LogP contribution is -2.45. The Morgan fingerprint density at radius 2 is 1.68 bits per heavy atom. The van der Waals surface area contributed by atoms with Gasteiger partial charge in [-0.1, -0.05) is 27.7 Å². The molecular weight excluding hydrogens is 378 g/mol. The lowest BCUT2D eigenvalue weighted by atomic mass is 9.90. The van der Waals surface area contributed by atoms with Crippen molar-refractivity contribution in [2.24, 2.45) is 11.3 Å². The smallest absolute Gasteiger partial charge is 0.240 e. The molecule has 156 valence electrons. The largest absolute Gasteiger partial charge is 0.342 e. The van der Waals surface area contributed by atoms with Crippen LogP contribution in [0.15, 0.2) is 29.2 Å². The Balaban J connectivity index is 1.91. The summed E-state index contributed by atoms with van der Waals surface area (Å²) in [6.45, 7) is 9.13. The van der Waals surface area contributed by atoms with Crippen LogP contribution in [-0.4, -0.2) is 44.8 Å². The van der Waals surface area contributed by atoms with Gasteiger partial charge in [-0.15, -0.1) is 0 Å². The van der Waals surface area contributed by atoms with Crippen LogP contribution in [0.5, 0.6) is 0 Å². The zero-order valence-corrected chi connectivity index (χ0v) is 17.9. The number of amides is 2. The quantitative estimate of drug-likeness (QED) is 0.755. The van der Waals surface area contributed by atoms with Gasteiger partial charge in [0.2, 0.25) is 21.8 Å². The highest BCUT2D eigenvalue weighted by atomic mass is 32.2. The summed E-state index contributed by atoms with van der Waals surface area (Å²) in [4.78, 5) is 26.9. The molecule has 2 amide bonds. The molecule has 1 aromatic carbocycles. The number of rotatable bonds is 6. The summed E-state index contributed by atoms with van der Waals surface area (Å²) >= 11 is 0. The van der Waals surface area contributed by atoms with Crippen molar-refractivity contribution in [1.29, 1.82) is 0 Å². The van der Waals surface area contributed by atoms with Gasteiger partial charge in [0.15, 0.2) is 0 Å². The molecule has 1 heterocycles. The second-order valence-electron chi connectivity index (χ2n) is 8.23. The average Bonchev–Trinajstić information content (AvgIpc) is 2.65. The molecule has 0 spiro atoms. The number of nitrogens with one attached hydrogen (secondary N) is 2. The van der Waals surface area contributed by atoms with Gasteiger partial charge in [0.1, 0.15) is 0 Å². The first-order valence-corrected chi connectivity index (χ1v) is 11.2. The predicted octanol–water partition coefficient (Wildman–Crippen LogP) is 2.60. The fourth-order valence-corrected chi connectivity index (χ4v) is 4.23. The zero-order chi connectivity index (χ0) is 20.9. The fourth-order valence-electron chi connectivity index (χ4n) is 3.10. The predicted molar refractivity (Wildman–Crippen MR) is 109 cm³/mol. The Morgan fingerprint density at radius 1 is 1.11 bits per heavy atom. The molecule has 0 bridgehead atoms. The van der Waals surface area contributed by atoms with E-state index in [0.29, 0.717) is 44.6 Å². The van der Waals surface area contributed by atoms with E-state index in [1.807, 2.05) is 32.6 Å².